The molecule has 1 N–H and O–H groups in total. The zero-order valence-corrected chi connectivity index (χ0v) is 11.8. The average Bonchev–Trinajstić information content (AvgIpc) is 2.21. The minimum Gasteiger partial charge on any atom is -0.304 e. The molecule has 1 saturated heterocycles. The van der Waals surface area contributed by atoms with E-state index in [4.69, 9.17) is 0 Å². The minimum absolute atomic E-state index is 0.336. The van der Waals surface area contributed by atoms with E-state index in [0.717, 1.165) is 26.2 Å². The molecule has 0 aromatic carbocycles. The zero-order valence-electron chi connectivity index (χ0n) is 11.8. The van der Waals surface area contributed by atoms with Gasteiger partial charge in [-0.15, -0.1) is 0 Å². The fourth-order valence-corrected chi connectivity index (χ4v) is 2.57. The Hall–Kier alpha value is -0.630. The molecule has 1 heterocycles. The lowest BCUT2D eigenvalue weighted by atomic mass is 10.0. The first-order chi connectivity index (χ1) is 7.86. The van der Waals surface area contributed by atoms with Gasteiger partial charge >= 0.3 is 0 Å². The van der Waals surface area contributed by atoms with Gasteiger partial charge in [0.2, 0.25) is 0 Å². The van der Waals surface area contributed by atoms with E-state index in [1.807, 2.05) is 6.92 Å². The van der Waals surface area contributed by atoms with Crippen molar-refractivity contribution in [3.05, 3.63) is 0 Å². The molecule has 0 radical (unpaired) electrons. The van der Waals surface area contributed by atoms with E-state index < -0.39 is 5.54 Å². The molecular weight excluding hydrogens is 212 g/mol. The van der Waals surface area contributed by atoms with E-state index in [9.17, 15) is 5.26 Å². The number of likely N-dealkylation sites (N-methyl/N-ethyl adjacent to an activating group) is 1. The largest absolute Gasteiger partial charge is 0.304 e. The second-order valence-electron chi connectivity index (χ2n) is 5.82. The van der Waals surface area contributed by atoms with Crippen LogP contribution in [0.2, 0.25) is 0 Å². The summed E-state index contributed by atoms with van der Waals surface area (Å²) in [6.07, 6.45) is 0. The second kappa shape index (κ2) is 5.81. The average molecular weight is 238 g/mol. The van der Waals surface area contributed by atoms with Gasteiger partial charge in [-0.05, 0) is 34.7 Å². The Bertz CT molecular complexity index is 284. The number of rotatable bonds is 4. The van der Waals surface area contributed by atoms with Crippen LogP contribution in [0.3, 0.4) is 0 Å². The summed E-state index contributed by atoms with van der Waals surface area (Å²) in [7, 11) is 2.16. The highest BCUT2D eigenvalue weighted by molar-refractivity contribution is 5.07. The SMILES string of the molecule is CC(C)NC(C)(C#N)CN1CCN(C)CC1C. The molecule has 4 nitrogen and oxygen atoms in total. The molecule has 0 amide bonds. The Labute approximate surface area is 106 Å². The van der Waals surface area contributed by atoms with E-state index >= 15 is 0 Å². The van der Waals surface area contributed by atoms with Crippen LogP contribution in [0.4, 0.5) is 0 Å². The van der Waals surface area contributed by atoms with Crippen molar-refractivity contribution in [2.45, 2.75) is 45.3 Å². The van der Waals surface area contributed by atoms with Gasteiger partial charge in [0, 0.05) is 38.3 Å². The molecule has 1 fully saturated rings. The lowest BCUT2D eigenvalue weighted by Crippen LogP contribution is -2.59. The van der Waals surface area contributed by atoms with E-state index in [2.05, 4.69) is 49.0 Å². The topological polar surface area (TPSA) is 42.3 Å². The summed E-state index contributed by atoms with van der Waals surface area (Å²) in [4.78, 5) is 4.76. The molecule has 2 unspecified atom stereocenters. The molecular formula is C13H26N4. The summed E-state index contributed by atoms with van der Waals surface area (Å²) in [5, 5.41) is 12.7. The maximum atomic E-state index is 9.35. The molecule has 0 spiro atoms. The fraction of sp³-hybridized carbons (Fsp3) is 0.923. The third-order valence-electron chi connectivity index (χ3n) is 3.34. The van der Waals surface area contributed by atoms with Crippen LogP contribution >= 0.6 is 0 Å². The molecule has 2 atom stereocenters. The monoisotopic (exact) mass is 238 g/mol. The molecule has 0 aromatic rings. The maximum Gasteiger partial charge on any atom is 0.116 e. The molecule has 0 saturated carbocycles. The van der Waals surface area contributed by atoms with Crippen LogP contribution in [-0.2, 0) is 0 Å². The van der Waals surface area contributed by atoms with Gasteiger partial charge in [-0.3, -0.25) is 10.2 Å². The highest BCUT2D eigenvalue weighted by Crippen LogP contribution is 2.13. The number of hydrogen-bond donors (Lipinski definition) is 1. The predicted molar refractivity (Wildman–Crippen MR) is 70.8 cm³/mol. The van der Waals surface area contributed by atoms with Gasteiger partial charge < -0.3 is 4.90 Å². The first-order valence-corrected chi connectivity index (χ1v) is 6.48. The maximum absolute atomic E-state index is 9.35. The van der Waals surface area contributed by atoms with Crippen LogP contribution in [0.1, 0.15) is 27.7 Å². The Morgan fingerprint density at radius 3 is 2.59 bits per heavy atom. The van der Waals surface area contributed by atoms with E-state index in [-0.39, 0.29) is 0 Å². The first-order valence-electron chi connectivity index (χ1n) is 6.48. The van der Waals surface area contributed by atoms with Crippen molar-refractivity contribution < 1.29 is 0 Å². The molecule has 17 heavy (non-hydrogen) atoms. The van der Waals surface area contributed by atoms with Crippen LogP contribution in [0, 0.1) is 11.3 Å². The number of hydrogen-bond acceptors (Lipinski definition) is 4. The van der Waals surface area contributed by atoms with Crippen LogP contribution in [0.5, 0.6) is 0 Å². The lowest BCUT2D eigenvalue weighted by molar-refractivity contribution is 0.0815. The number of piperazine rings is 1. The van der Waals surface area contributed by atoms with Crippen molar-refractivity contribution in [1.29, 1.82) is 5.26 Å². The van der Waals surface area contributed by atoms with Crippen molar-refractivity contribution in [1.82, 2.24) is 15.1 Å². The van der Waals surface area contributed by atoms with Crippen LogP contribution in [-0.4, -0.2) is 60.6 Å². The normalized spacial score (nSPS) is 26.8. The number of nitrogens with zero attached hydrogens (tertiary/aromatic N) is 3. The molecule has 1 aliphatic heterocycles. The molecule has 4 heteroatoms. The Morgan fingerprint density at radius 2 is 2.12 bits per heavy atom. The highest BCUT2D eigenvalue weighted by atomic mass is 15.3. The summed E-state index contributed by atoms with van der Waals surface area (Å²) in [6, 6.07) is 3.28. The van der Waals surface area contributed by atoms with Crippen LogP contribution in [0.15, 0.2) is 0 Å². The molecule has 0 aliphatic carbocycles. The van der Waals surface area contributed by atoms with E-state index in [1.54, 1.807) is 0 Å². The van der Waals surface area contributed by atoms with Gasteiger partial charge in [-0.1, -0.05) is 0 Å². The smallest absolute Gasteiger partial charge is 0.116 e. The molecule has 1 rings (SSSR count). The first kappa shape index (κ1) is 14.4. The van der Waals surface area contributed by atoms with Crippen LogP contribution in [0.25, 0.3) is 0 Å². The fourth-order valence-electron chi connectivity index (χ4n) is 2.57. The summed E-state index contributed by atoms with van der Waals surface area (Å²) in [5.41, 5.74) is -0.446. The molecule has 1 aliphatic rings. The van der Waals surface area contributed by atoms with Crippen molar-refractivity contribution in [3.8, 4) is 6.07 Å². The second-order valence-corrected chi connectivity index (χ2v) is 5.82. The van der Waals surface area contributed by atoms with Gasteiger partial charge in [0.1, 0.15) is 5.54 Å². The summed E-state index contributed by atoms with van der Waals surface area (Å²) >= 11 is 0. The van der Waals surface area contributed by atoms with E-state index in [0.29, 0.717) is 12.1 Å². The Balaban J connectivity index is 2.59. The Kier molecular flexibility index (Phi) is 4.93. The molecule has 0 bridgehead atoms. The quantitative estimate of drug-likeness (QED) is 0.790. The lowest BCUT2D eigenvalue weighted by Gasteiger charge is -2.41. The number of nitriles is 1. The third-order valence-corrected chi connectivity index (χ3v) is 3.34. The van der Waals surface area contributed by atoms with E-state index in [1.165, 1.54) is 0 Å². The van der Waals surface area contributed by atoms with Gasteiger partial charge in [0.15, 0.2) is 0 Å². The van der Waals surface area contributed by atoms with Gasteiger partial charge in [0.05, 0.1) is 6.07 Å². The van der Waals surface area contributed by atoms with Gasteiger partial charge in [0.25, 0.3) is 0 Å². The summed E-state index contributed by atoms with van der Waals surface area (Å²) in [5.74, 6) is 0. The predicted octanol–water partition coefficient (Wildman–Crippen LogP) is 0.903. The zero-order chi connectivity index (χ0) is 13.1. The number of nitrogens with one attached hydrogen (secondary N) is 1. The molecule has 0 aromatic heterocycles. The Morgan fingerprint density at radius 1 is 1.47 bits per heavy atom. The minimum atomic E-state index is -0.446. The summed E-state index contributed by atoms with van der Waals surface area (Å²) in [6.45, 7) is 12.4. The highest BCUT2D eigenvalue weighted by Gasteiger charge is 2.31. The van der Waals surface area contributed by atoms with Crippen molar-refractivity contribution >= 4 is 0 Å². The van der Waals surface area contributed by atoms with Crippen molar-refractivity contribution in [2.75, 3.05) is 33.2 Å². The van der Waals surface area contributed by atoms with Gasteiger partial charge in [-0.25, -0.2) is 0 Å². The van der Waals surface area contributed by atoms with Crippen LogP contribution < -0.4 is 5.32 Å². The van der Waals surface area contributed by atoms with Crippen molar-refractivity contribution in [2.24, 2.45) is 0 Å². The van der Waals surface area contributed by atoms with Crippen molar-refractivity contribution in [3.63, 3.8) is 0 Å². The standard InChI is InChI=1S/C13H26N4/c1-11(2)15-13(4,9-14)10-17-7-6-16(5)8-12(17)3/h11-12,15H,6-8,10H2,1-5H3. The molecule has 98 valence electrons. The summed E-state index contributed by atoms with van der Waals surface area (Å²) < 4.78 is 0. The third kappa shape index (κ3) is 4.27. The van der Waals surface area contributed by atoms with Gasteiger partial charge in [-0.2, -0.15) is 5.26 Å².